The Bertz CT molecular complexity index is 835. The molecule has 2 amide bonds. The molecule has 3 aliphatic rings. The van der Waals surface area contributed by atoms with Crippen molar-refractivity contribution in [1.29, 1.82) is 0 Å². The molecule has 8 heteroatoms. The fraction of sp³-hybridized carbons (Fsp3) is 0.591. The van der Waals surface area contributed by atoms with Gasteiger partial charge in [-0.1, -0.05) is 12.8 Å². The highest BCUT2D eigenvalue weighted by Gasteiger charge is 2.39. The predicted molar refractivity (Wildman–Crippen MR) is 109 cm³/mol. The van der Waals surface area contributed by atoms with Crippen molar-refractivity contribution in [2.24, 2.45) is 5.92 Å². The van der Waals surface area contributed by atoms with Gasteiger partial charge in [-0.2, -0.15) is 0 Å². The summed E-state index contributed by atoms with van der Waals surface area (Å²) in [4.78, 5) is 38.3. The molecule has 2 N–H and O–H groups in total. The number of carboxylic acid groups (broad SMARTS) is 1. The molecule has 2 aliphatic heterocycles. The Morgan fingerprint density at radius 2 is 1.97 bits per heavy atom. The molecule has 0 aromatic heterocycles. The molecule has 162 valence electrons. The van der Waals surface area contributed by atoms with Gasteiger partial charge >= 0.3 is 5.97 Å². The average Bonchev–Trinajstić information content (AvgIpc) is 3.26. The zero-order valence-electron chi connectivity index (χ0n) is 17.1. The first-order valence-electron chi connectivity index (χ1n) is 10.6. The fourth-order valence-electron chi connectivity index (χ4n) is 4.73. The molecular formula is C22H28N2O6. The second kappa shape index (κ2) is 8.63. The van der Waals surface area contributed by atoms with Gasteiger partial charge in [0.15, 0.2) is 0 Å². The van der Waals surface area contributed by atoms with Gasteiger partial charge in [0.1, 0.15) is 18.5 Å². The van der Waals surface area contributed by atoms with E-state index in [0.717, 1.165) is 25.7 Å². The lowest BCUT2D eigenvalue weighted by Gasteiger charge is -2.42. The number of amides is 2. The number of aliphatic carboxylic acids is 1. The number of nitrogens with one attached hydrogen (secondary N) is 1. The molecule has 1 saturated carbocycles. The minimum absolute atomic E-state index is 0.00485. The second-order valence-electron chi connectivity index (χ2n) is 8.45. The van der Waals surface area contributed by atoms with Gasteiger partial charge in [-0.3, -0.25) is 14.4 Å². The SMILES string of the molecule is CN1C(=O)c2cc(NC(=O)C3CCCC3)ccc2OC[C@H]2O[C@H](CC(=O)O)CC[C@@H]21. The molecule has 2 fully saturated rings. The highest BCUT2D eigenvalue weighted by molar-refractivity contribution is 6.00. The molecule has 2 heterocycles. The molecule has 4 rings (SSSR count). The van der Waals surface area contributed by atoms with Crippen LogP contribution in [0.1, 0.15) is 55.3 Å². The van der Waals surface area contributed by atoms with E-state index in [9.17, 15) is 14.4 Å². The number of likely N-dealkylation sites (N-methyl/N-ethyl adjacent to an activating group) is 1. The van der Waals surface area contributed by atoms with Crippen LogP contribution < -0.4 is 10.1 Å². The van der Waals surface area contributed by atoms with Crippen LogP contribution in [-0.4, -0.2) is 59.7 Å². The third-order valence-corrected chi connectivity index (χ3v) is 6.41. The summed E-state index contributed by atoms with van der Waals surface area (Å²) in [5.41, 5.74) is 1.00. The molecule has 1 aliphatic carbocycles. The number of carbonyl (C=O) groups is 3. The van der Waals surface area contributed by atoms with Crippen LogP contribution >= 0.6 is 0 Å². The van der Waals surface area contributed by atoms with Gasteiger partial charge in [-0.15, -0.1) is 0 Å². The Labute approximate surface area is 175 Å². The number of carboxylic acids is 1. The molecule has 8 nitrogen and oxygen atoms in total. The molecule has 0 radical (unpaired) electrons. The Morgan fingerprint density at radius 3 is 2.70 bits per heavy atom. The van der Waals surface area contributed by atoms with E-state index in [1.807, 2.05) is 0 Å². The average molecular weight is 416 g/mol. The smallest absolute Gasteiger partial charge is 0.305 e. The highest BCUT2D eigenvalue weighted by atomic mass is 16.5. The number of ether oxygens (including phenoxy) is 2. The minimum atomic E-state index is -0.896. The maximum Gasteiger partial charge on any atom is 0.305 e. The molecular weight excluding hydrogens is 388 g/mol. The standard InChI is InChI=1S/C22H28N2O6/c1-24-17-8-7-15(11-20(25)26)30-19(17)12-29-18-9-6-14(10-16(18)22(24)28)23-21(27)13-4-2-3-5-13/h6,9-10,13,15,17,19H,2-5,7-8,11-12H2,1H3,(H,23,27)(H,25,26)/t15-,17-,19+/m0/s1. The maximum atomic E-state index is 13.2. The lowest BCUT2D eigenvalue weighted by molar-refractivity contribution is -0.148. The van der Waals surface area contributed by atoms with Gasteiger partial charge in [0.05, 0.1) is 24.1 Å². The third kappa shape index (κ3) is 4.28. The Hall–Kier alpha value is -2.61. The fourth-order valence-corrected chi connectivity index (χ4v) is 4.73. The van der Waals surface area contributed by atoms with Crippen molar-refractivity contribution in [3.05, 3.63) is 23.8 Å². The van der Waals surface area contributed by atoms with E-state index in [1.165, 1.54) is 0 Å². The van der Waals surface area contributed by atoms with Gasteiger partial charge in [0.2, 0.25) is 5.91 Å². The molecule has 30 heavy (non-hydrogen) atoms. The van der Waals surface area contributed by atoms with Crippen LogP contribution in [0, 0.1) is 5.92 Å². The summed E-state index contributed by atoms with van der Waals surface area (Å²) in [5, 5.41) is 12.0. The normalized spacial score (nSPS) is 26.8. The largest absolute Gasteiger partial charge is 0.490 e. The number of anilines is 1. The van der Waals surface area contributed by atoms with Crippen molar-refractivity contribution >= 4 is 23.5 Å². The van der Waals surface area contributed by atoms with E-state index in [1.54, 1.807) is 30.1 Å². The summed E-state index contributed by atoms with van der Waals surface area (Å²) >= 11 is 0. The van der Waals surface area contributed by atoms with E-state index in [-0.39, 0.29) is 49.0 Å². The maximum absolute atomic E-state index is 13.2. The lowest BCUT2D eigenvalue weighted by atomic mass is 9.94. The van der Waals surface area contributed by atoms with Crippen molar-refractivity contribution < 1.29 is 29.0 Å². The van der Waals surface area contributed by atoms with Crippen LogP contribution in [0.3, 0.4) is 0 Å². The van der Waals surface area contributed by atoms with Gasteiger partial charge < -0.3 is 24.8 Å². The number of carbonyl (C=O) groups excluding carboxylic acids is 2. The van der Waals surface area contributed by atoms with Gasteiger partial charge in [0.25, 0.3) is 5.91 Å². The first-order chi connectivity index (χ1) is 14.4. The molecule has 0 unspecified atom stereocenters. The molecule has 1 aromatic rings. The van der Waals surface area contributed by atoms with Crippen LogP contribution in [0.4, 0.5) is 5.69 Å². The second-order valence-corrected chi connectivity index (χ2v) is 8.45. The molecule has 0 spiro atoms. The number of fused-ring (bicyclic) bond motifs is 2. The molecule has 1 aromatic carbocycles. The van der Waals surface area contributed by atoms with Gasteiger partial charge in [-0.25, -0.2) is 0 Å². The zero-order valence-corrected chi connectivity index (χ0v) is 17.1. The number of rotatable bonds is 4. The summed E-state index contributed by atoms with van der Waals surface area (Å²) in [6.07, 6.45) is 4.41. The number of benzene rings is 1. The van der Waals surface area contributed by atoms with Crippen molar-refractivity contribution in [3.63, 3.8) is 0 Å². The van der Waals surface area contributed by atoms with Crippen molar-refractivity contribution in [2.45, 2.75) is 63.2 Å². The van der Waals surface area contributed by atoms with Crippen molar-refractivity contribution in [3.8, 4) is 5.75 Å². The third-order valence-electron chi connectivity index (χ3n) is 6.41. The van der Waals surface area contributed by atoms with Crippen LogP contribution in [-0.2, 0) is 14.3 Å². The number of nitrogens with zero attached hydrogens (tertiary/aromatic N) is 1. The van der Waals surface area contributed by atoms with E-state index >= 15 is 0 Å². The van der Waals surface area contributed by atoms with E-state index < -0.39 is 5.97 Å². The Kier molecular flexibility index (Phi) is 5.94. The van der Waals surface area contributed by atoms with Gasteiger partial charge in [0, 0.05) is 18.7 Å². The summed E-state index contributed by atoms with van der Waals surface area (Å²) < 4.78 is 11.8. The highest BCUT2D eigenvalue weighted by Crippen LogP contribution is 2.33. The van der Waals surface area contributed by atoms with Crippen LogP contribution in [0.5, 0.6) is 5.75 Å². The summed E-state index contributed by atoms with van der Waals surface area (Å²) in [6.45, 7) is 0.235. The lowest BCUT2D eigenvalue weighted by Crippen LogP contribution is -2.53. The first-order valence-corrected chi connectivity index (χ1v) is 10.6. The monoisotopic (exact) mass is 416 g/mol. The van der Waals surface area contributed by atoms with Crippen LogP contribution in [0.15, 0.2) is 18.2 Å². The number of hydrogen-bond acceptors (Lipinski definition) is 5. The van der Waals surface area contributed by atoms with Gasteiger partial charge in [-0.05, 0) is 43.9 Å². The summed E-state index contributed by atoms with van der Waals surface area (Å²) in [5.74, 6) is -0.608. The summed E-state index contributed by atoms with van der Waals surface area (Å²) in [6, 6.07) is 4.93. The quantitative estimate of drug-likeness (QED) is 0.782. The van der Waals surface area contributed by atoms with E-state index in [2.05, 4.69) is 5.32 Å². The van der Waals surface area contributed by atoms with Crippen molar-refractivity contribution in [1.82, 2.24) is 4.90 Å². The summed E-state index contributed by atoms with van der Waals surface area (Å²) in [7, 11) is 1.74. The minimum Gasteiger partial charge on any atom is -0.490 e. The first kappa shape index (κ1) is 20.7. The number of hydrogen-bond donors (Lipinski definition) is 2. The molecule has 3 atom stereocenters. The molecule has 1 saturated heterocycles. The Morgan fingerprint density at radius 1 is 1.20 bits per heavy atom. The van der Waals surface area contributed by atoms with Crippen LogP contribution in [0.25, 0.3) is 0 Å². The Balaban J connectivity index is 1.51. The van der Waals surface area contributed by atoms with Crippen LogP contribution in [0.2, 0.25) is 0 Å². The molecule has 0 bridgehead atoms. The predicted octanol–water partition coefficient (Wildman–Crippen LogP) is 2.67. The van der Waals surface area contributed by atoms with E-state index in [0.29, 0.717) is 29.8 Å². The zero-order chi connectivity index (χ0) is 21.3. The van der Waals surface area contributed by atoms with E-state index in [4.69, 9.17) is 14.6 Å². The topological polar surface area (TPSA) is 105 Å². The van der Waals surface area contributed by atoms with Crippen molar-refractivity contribution in [2.75, 3.05) is 19.0 Å².